The first kappa shape index (κ1) is 10.0. The molecule has 78 valence electrons. The third kappa shape index (κ3) is 2.29. The molecule has 1 atom stereocenters. The van der Waals surface area contributed by atoms with Crippen molar-refractivity contribution in [1.29, 1.82) is 0 Å². The van der Waals surface area contributed by atoms with Crippen LogP contribution in [0.15, 0.2) is 34.3 Å². The first-order valence-corrected chi connectivity index (χ1v) is 4.92. The third-order valence-electron chi connectivity index (χ3n) is 2.32. The molecule has 15 heavy (non-hydrogen) atoms. The maximum atomic E-state index is 5.60. The summed E-state index contributed by atoms with van der Waals surface area (Å²) in [6, 6.07) is 8.01. The van der Waals surface area contributed by atoms with Crippen LogP contribution in [0.25, 0.3) is 0 Å². The Morgan fingerprint density at radius 2 is 2.00 bits per heavy atom. The first-order chi connectivity index (χ1) is 7.29. The van der Waals surface area contributed by atoms with Crippen molar-refractivity contribution in [3.8, 4) is 0 Å². The Kier molecular flexibility index (Phi) is 2.89. The van der Waals surface area contributed by atoms with Gasteiger partial charge >= 0.3 is 0 Å². The summed E-state index contributed by atoms with van der Waals surface area (Å²) in [5, 5.41) is 0. The summed E-state index contributed by atoms with van der Waals surface area (Å²) < 4.78 is 0. The van der Waals surface area contributed by atoms with Crippen molar-refractivity contribution >= 4 is 11.9 Å². The van der Waals surface area contributed by atoms with Gasteiger partial charge < -0.3 is 11.5 Å². The van der Waals surface area contributed by atoms with E-state index in [1.165, 1.54) is 0 Å². The summed E-state index contributed by atoms with van der Waals surface area (Å²) >= 11 is 0. The topological polar surface area (TPSA) is 76.8 Å². The second kappa shape index (κ2) is 4.33. The van der Waals surface area contributed by atoms with E-state index in [0.29, 0.717) is 13.1 Å². The van der Waals surface area contributed by atoms with Crippen molar-refractivity contribution < 1.29 is 0 Å². The molecule has 4 N–H and O–H groups in total. The zero-order valence-electron chi connectivity index (χ0n) is 8.43. The molecule has 1 aliphatic heterocycles. The molecule has 0 amide bonds. The largest absolute Gasteiger partial charge is 0.326 e. The van der Waals surface area contributed by atoms with Crippen molar-refractivity contribution in [2.45, 2.75) is 12.7 Å². The molecule has 0 aromatic heterocycles. The smallest absolute Gasteiger partial charge is 0.117 e. The van der Waals surface area contributed by atoms with E-state index in [1.807, 2.05) is 24.3 Å². The molecule has 0 fully saturated rings. The molecule has 2 rings (SSSR count). The lowest BCUT2D eigenvalue weighted by Crippen LogP contribution is -2.26. The Labute approximate surface area is 88.7 Å². The van der Waals surface area contributed by atoms with Gasteiger partial charge in [0.1, 0.15) is 6.17 Å². The van der Waals surface area contributed by atoms with E-state index in [1.54, 1.807) is 6.21 Å². The fourth-order valence-corrected chi connectivity index (χ4v) is 1.42. The third-order valence-corrected chi connectivity index (χ3v) is 2.32. The quantitative estimate of drug-likeness (QED) is 0.723. The van der Waals surface area contributed by atoms with Crippen LogP contribution < -0.4 is 11.5 Å². The number of hydrogen-bond donors (Lipinski definition) is 2. The second-order valence-corrected chi connectivity index (χ2v) is 3.47. The van der Waals surface area contributed by atoms with Crippen LogP contribution >= 0.6 is 0 Å². The maximum Gasteiger partial charge on any atom is 0.117 e. The van der Waals surface area contributed by atoms with E-state index in [4.69, 9.17) is 11.5 Å². The van der Waals surface area contributed by atoms with Gasteiger partial charge in [-0.25, -0.2) is 0 Å². The summed E-state index contributed by atoms with van der Waals surface area (Å²) in [7, 11) is 0. The van der Waals surface area contributed by atoms with Crippen molar-refractivity contribution in [3.63, 3.8) is 0 Å². The number of nitrogens with two attached hydrogens (primary N) is 2. The normalized spacial score (nSPS) is 20.1. The van der Waals surface area contributed by atoms with Gasteiger partial charge in [0.05, 0.1) is 12.3 Å². The van der Waals surface area contributed by atoms with Gasteiger partial charge in [-0.1, -0.05) is 24.3 Å². The molecule has 0 radical (unpaired) electrons. The fourth-order valence-electron chi connectivity index (χ4n) is 1.42. The molecule has 1 aliphatic rings. The minimum Gasteiger partial charge on any atom is -0.326 e. The zero-order valence-corrected chi connectivity index (χ0v) is 8.43. The fraction of sp³-hybridized carbons (Fsp3) is 0.273. The molecule has 0 aliphatic carbocycles. The van der Waals surface area contributed by atoms with E-state index in [0.717, 1.165) is 16.8 Å². The average molecular weight is 202 g/mol. The van der Waals surface area contributed by atoms with Crippen molar-refractivity contribution in [3.05, 3.63) is 35.4 Å². The van der Waals surface area contributed by atoms with Crippen LogP contribution in [0.5, 0.6) is 0 Å². The molecular formula is C11H14N4. The van der Waals surface area contributed by atoms with Gasteiger partial charge in [0.25, 0.3) is 0 Å². The zero-order chi connectivity index (χ0) is 10.7. The Bertz CT molecular complexity index is 392. The van der Waals surface area contributed by atoms with Crippen molar-refractivity contribution in [1.82, 2.24) is 0 Å². The predicted octanol–water partition coefficient (Wildman–Crippen LogP) is 0.304. The number of rotatable bonds is 2. The van der Waals surface area contributed by atoms with Crippen LogP contribution in [-0.2, 0) is 6.54 Å². The van der Waals surface area contributed by atoms with Crippen LogP contribution in [-0.4, -0.2) is 24.6 Å². The monoisotopic (exact) mass is 202 g/mol. The maximum absolute atomic E-state index is 5.60. The van der Waals surface area contributed by atoms with E-state index < -0.39 is 0 Å². The lowest BCUT2D eigenvalue weighted by molar-refractivity contribution is 0.719. The molecule has 0 saturated heterocycles. The van der Waals surface area contributed by atoms with Crippen molar-refractivity contribution in [2.75, 3.05) is 6.54 Å². The summed E-state index contributed by atoms with van der Waals surface area (Å²) in [6.45, 7) is 1.12. The number of benzene rings is 1. The van der Waals surface area contributed by atoms with E-state index in [2.05, 4.69) is 9.98 Å². The molecule has 0 spiro atoms. The number of aliphatic imine (C=N–C) groups is 2. The number of nitrogens with zero attached hydrogens (tertiary/aromatic N) is 2. The van der Waals surface area contributed by atoms with E-state index in [-0.39, 0.29) is 6.17 Å². The van der Waals surface area contributed by atoms with Gasteiger partial charge in [-0.05, 0) is 5.56 Å². The molecule has 1 unspecified atom stereocenters. The molecule has 1 aromatic rings. The van der Waals surface area contributed by atoms with E-state index in [9.17, 15) is 0 Å². The van der Waals surface area contributed by atoms with Gasteiger partial charge in [-0.3, -0.25) is 9.98 Å². The lowest BCUT2D eigenvalue weighted by atomic mass is 10.1. The molecule has 0 saturated carbocycles. The Hall–Kier alpha value is -1.52. The predicted molar refractivity (Wildman–Crippen MR) is 62.2 cm³/mol. The molecular weight excluding hydrogens is 188 g/mol. The Morgan fingerprint density at radius 1 is 1.27 bits per heavy atom. The molecule has 4 heteroatoms. The molecule has 4 nitrogen and oxygen atoms in total. The van der Waals surface area contributed by atoms with Crippen LogP contribution in [0.3, 0.4) is 0 Å². The van der Waals surface area contributed by atoms with Gasteiger partial charge in [-0.15, -0.1) is 0 Å². The second-order valence-electron chi connectivity index (χ2n) is 3.47. The highest BCUT2D eigenvalue weighted by Gasteiger charge is 2.07. The minimum atomic E-state index is -0.183. The summed E-state index contributed by atoms with van der Waals surface area (Å²) in [4.78, 5) is 8.47. The van der Waals surface area contributed by atoms with Crippen LogP contribution in [0.1, 0.15) is 11.1 Å². The Morgan fingerprint density at radius 3 is 2.53 bits per heavy atom. The lowest BCUT2D eigenvalue weighted by Gasteiger charge is -2.10. The highest BCUT2D eigenvalue weighted by Crippen LogP contribution is 2.06. The average Bonchev–Trinajstić information content (AvgIpc) is 2.30. The summed E-state index contributed by atoms with van der Waals surface area (Å²) in [6.07, 6.45) is 1.54. The van der Waals surface area contributed by atoms with Crippen LogP contribution in [0, 0.1) is 0 Å². The van der Waals surface area contributed by atoms with Crippen LogP contribution in [0.2, 0.25) is 0 Å². The standard InChI is InChI=1S/C11H14N4/c12-5-8-1-3-9(4-2-8)10-6-15-11(13)7-14-10/h1-4,6,11H,5,7,12-13H2. The highest BCUT2D eigenvalue weighted by molar-refractivity contribution is 6.38. The molecule has 1 aromatic carbocycles. The SMILES string of the molecule is NCc1ccc(C2=NCC(N)N=C2)cc1. The van der Waals surface area contributed by atoms with Gasteiger partial charge in [0, 0.05) is 18.3 Å². The Balaban J connectivity index is 2.20. The number of hydrogen-bond acceptors (Lipinski definition) is 4. The summed E-state index contributed by atoms with van der Waals surface area (Å²) in [5.41, 5.74) is 14.2. The van der Waals surface area contributed by atoms with Gasteiger partial charge in [0.15, 0.2) is 0 Å². The van der Waals surface area contributed by atoms with Gasteiger partial charge in [-0.2, -0.15) is 0 Å². The van der Waals surface area contributed by atoms with Gasteiger partial charge in [0.2, 0.25) is 0 Å². The summed E-state index contributed by atoms with van der Waals surface area (Å²) in [5.74, 6) is 0. The van der Waals surface area contributed by atoms with Crippen LogP contribution in [0.4, 0.5) is 0 Å². The van der Waals surface area contributed by atoms with E-state index >= 15 is 0 Å². The minimum absolute atomic E-state index is 0.183. The molecule has 1 heterocycles. The van der Waals surface area contributed by atoms with Crippen molar-refractivity contribution in [2.24, 2.45) is 21.5 Å². The first-order valence-electron chi connectivity index (χ1n) is 4.92. The highest BCUT2D eigenvalue weighted by atomic mass is 15.0. The molecule has 0 bridgehead atoms.